The van der Waals surface area contributed by atoms with Gasteiger partial charge in [-0.05, 0) is 55.3 Å². The number of alkyl halides is 1. The van der Waals surface area contributed by atoms with Crippen LogP contribution in [0.1, 0.15) is 35.2 Å². The molecule has 0 saturated carbocycles. The van der Waals surface area contributed by atoms with Gasteiger partial charge in [0.1, 0.15) is 6.04 Å². The summed E-state index contributed by atoms with van der Waals surface area (Å²) in [5.41, 5.74) is 0.514. The van der Waals surface area contributed by atoms with E-state index in [0.717, 1.165) is 0 Å². The van der Waals surface area contributed by atoms with Crippen LogP contribution in [0.5, 0.6) is 0 Å². The average molecular weight is 519 g/mol. The summed E-state index contributed by atoms with van der Waals surface area (Å²) in [5.74, 6) is -1.11. The molecule has 190 valence electrons. The lowest BCUT2D eigenvalue weighted by Crippen LogP contribution is -2.57. The van der Waals surface area contributed by atoms with Crippen LogP contribution in [-0.4, -0.2) is 59.8 Å². The van der Waals surface area contributed by atoms with Crippen molar-refractivity contribution in [1.29, 1.82) is 0 Å². The molecule has 12 heteroatoms. The zero-order valence-electron chi connectivity index (χ0n) is 19.1. The number of likely N-dealkylation sites (tertiary alicyclic amines) is 1. The summed E-state index contributed by atoms with van der Waals surface area (Å²) in [6, 6.07) is 9.44. The maximum atomic E-state index is 13.4. The molecule has 2 heterocycles. The van der Waals surface area contributed by atoms with Crippen molar-refractivity contribution in [2.45, 2.75) is 30.9 Å². The lowest BCUT2D eigenvalue weighted by molar-refractivity contribution is -0.141. The molecule has 1 fully saturated rings. The quantitative estimate of drug-likeness (QED) is 0.456. The molecular formula is C24H24ClFN4O6. The molecule has 1 spiro atoms. The van der Waals surface area contributed by atoms with Gasteiger partial charge in [-0.3, -0.25) is 24.6 Å². The second-order valence-electron chi connectivity index (χ2n) is 8.57. The van der Waals surface area contributed by atoms with Gasteiger partial charge < -0.3 is 20.1 Å². The van der Waals surface area contributed by atoms with Crippen molar-refractivity contribution in [3.05, 3.63) is 58.6 Å². The van der Waals surface area contributed by atoms with Crippen LogP contribution >= 0.6 is 11.6 Å². The van der Waals surface area contributed by atoms with Crippen molar-refractivity contribution >= 4 is 47.0 Å². The van der Waals surface area contributed by atoms with E-state index in [9.17, 15) is 23.6 Å². The van der Waals surface area contributed by atoms with E-state index >= 15 is 0 Å². The second kappa shape index (κ2) is 10.4. The number of ether oxygens (including phenoxy) is 1. The molecule has 2 atom stereocenters. The zero-order chi connectivity index (χ0) is 25.9. The molecule has 36 heavy (non-hydrogen) atoms. The molecule has 4 rings (SSSR count). The van der Waals surface area contributed by atoms with Crippen molar-refractivity contribution in [1.82, 2.24) is 10.2 Å². The summed E-state index contributed by atoms with van der Waals surface area (Å²) in [6.45, 7) is -0.467. The smallest absolute Gasteiger partial charge is 0.412 e. The Morgan fingerprint density at radius 2 is 1.97 bits per heavy atom. The van der Waals surface area contributed by atoms with Crippen molar-refractivity contribution < 1.29 is 33.4 Å². The molecule has 4 N–H and O–H groups in total. The molecule has 0 unspecified atom stereocenters. The van der Waals surface area contributed by atoms with Crippen LogP contribution in [0, 0.1) is 0 Å². The Morgan fingerprint density at radius 3 is 2.67 bits per heavy atom. The van der Waals surface area contributed by atoms with Gasteiger partial charge in [-0.1, -0.05) is 11.6 Å². The number of rotatable bonds is 6. The van der Waals surface area contributed by atoms with E-state index in [1.807, 2.05) is 0 Å². The molecule has 2 aromatic carbocycles. The minimum atomic E-state index is -1.25. The number of hydrogen-bond donors (Lipinski definition) is 4. The summed E-state index contributed by atoms with van der Waals surface area (Å²) >= 11 is 6.19. The summed E-state index contributed by atoms with van der Waals surface area (Å²) in [5, 5.41) is 16.6. The number of halogens is 2. The predicted molar refractivity (Wildman–Crippen MR) is 129 cm³/mol. The van der Waals surface area contributed by atoms with Crippen molar-refractivity contribution in [2.75, 3.05) is 30.4 Å². The molecule has 0 bridgehead atoms. The van der Waals surface area contributed by atoms with Gasteiger partial charge in [-0.25, -0.2) is 9.59 Å². The molecule has 10 nitrogen and oxygen atoms in total. The van der Waals surface area contributed by atoms with E-state index in [1.165, 1.54) is 29.2 Å². The molecule has 0 aliphatic carbocycles. The number of carbonyl (C=O) groups excluding carboxylic acids is 3. The van der Waals surface area contributed by atoms with Crippen LogP contribution in [0.25, 0.3) is 0 Å². The van der Waals surface area contributed by atoms with E-state index in [1.54, 1.807) is 18.2 Å². The summed E-state index contributed by atoms with van der Waals surface area (Å²) < 4.78 is 19.1. The van der Waals surface area contributed by atoms with E-state index in [2.05, 4.69) is 16.0 Å². The van der Waals surface area contributed by atoms with E-state index in [4.69, 9.17) is 21.4 Å². The number of hydrogen-bond acceptors (Lipinski definition) is 5. The van der Waals surface area contributed by atoms with Crippen LogP contribution in [0.3, 0.4) is 0 Å². The minimum absolute atomic E-state index is 0.0286. The number of nitrogens with one attached hydrogen (secondary N) is 3. The van der Waals surface area contributed by atoms with Gasteiger partial charge in [0.25, 0.3) is 5.91 Å². The number of benzene rings is 2. The summed E-state index contributed by atoms with van der Waals surface area (Å²) in [7, 11) is 0. The third-order valence-corrected chi connectivity index (χ3v) is 6.40. The van der Waals surface area contributed by atoms with Crippen molar-refractivity contribution in [3.8, 4) is 0 Å². The lowest BCUT2D eigenvalue weighted by atomic mass is 9.83. The van der Waals surface area contributed by atoms with Gasteiger partial charge in [0.15, 0.2) is 5.60 Å². The highest BCUT2D eigenvalue weighted by atomic mass is 35.5. The fourth-order valence-corrected chi connectivity index (χ4v) is 4.71. The normalized spacial score (nSPS) is 19.5. The number of fused-ring (bicyclic) bond motifs is 2. The van der Waals surface area contributed by atoms with Gasteiger partial charge >= 0.3 is 12.2 Å². The highest BCUT2D eigenvalue weighted by molar-refractivity contribution is 6.30. The van der Waals surface area contributed by atoms with Crippen LogP contribution in [0.4, 0.5) is 25.4 Å². The maximum absolute atomic E-state index is 13.4. The van der Waals surface area contributed by atoms with Gasteiger partial charge in [-0.15, -0.1) is 0 Å². The third kappa shape index (κ3) is 5.35. The fourth-order valence-electron chi connectivity index (χ4n) is 4.54. The maximum Gasteiger partial charge on any atom is 0.412 e. The van der Waals surface area contributed by atoms with E-state index in [0.29, 0.717) is 35.7 Å². The predicted octanol–water partition coefficient (Wildman–Crippen LogP) is 3.97. The van der Waals surface area contributed by atoms with Gasteiger partial charge in [0.05, 0.1) is 18.9 Å². The van der Waals surface area contributed by atoms with Crippen LogP contribution in [0.15, 0.2) is 42.5 Å². The molecule has 0 aromatic heterocycles. The zero-order valence-corrected chi connectivity index (χ0v) is 19.8. The Hall–Kier alpha value is -3.86. The first-order chi connectivity index (χ1) is 17.2. The van der Waals surface area contributed by atoms with Crippen LogP contribution in [-0.2, 0) is 15.1 Å². The summed E-state index contributed by atoms with van der Waals surface area (Å²) in [4.78, 5) is 50.6. The molecule has 1 saturated heterocycles. The number of nitrogens with zero attached hydrogens (tertiary/aromatic N) is 1. The standard InChI is InChI=1S/C24H24ClFN4O6/c25-15-4-7-18-17(12-15)24(36-23(35)29-18)9-1-11-30(13-24)21(32)19(8-10-26)28-20(31)14-2-5-16(6-3-14)27-22(33)34/h2-7,12,19,27H,1,8-11,13H2,(H,28,31)(H,29,35)(H,33,34)/t19-,24-/m0/s1. The third-order valence-electron chi connectivity index (χ3n) is 6.16. The second-order valence-corrected chi connectivity index (χ2v) is 9.01. The Morgan fingerprint density at radius 1 is 1.22 bits per heavy atom. The van der Waals surface area contributed by atoms with Crippen molar-refractivity contribution in [2.24, 2.45) is 0 Å². The summed E-state index contributed by atoms with van der Waals surface area (Å²) in [6.07, 6.45) is -1.15. The number of anilines is 2. The molecule has 0 radical (unpaired) electrons. The number of carbonyl (C=O) groups is 4. The van der Waals surface area contributed by atoms with Gasteiger partial charge in [0, 0.05) is 34.8 Å². The first kappa shape index (κ1) is 25.2. The van der Waals surface area contributed by atoms with Crippen molar-refractivity contribution in [3.63, 3.8) is 0 Å². The Balaban J connectivity index is 1.51. The van der Waals surface area contributed by atoms with Crippen LogP contribution < -0.4 is 16.0 Å². The topological polar surface area (TPSA) is 137 Å². The molecule has 2 aromatic rings. The largest absolute Gasteiger partial charge is 0.465 e. The highest BCUT2D eigenvalue weighted by Gasteiger charge is 2.47. The van der Waals surface area contributed by atoms with Gasteiger partial charge in [0.2, 0.25) is 5.91 Å². The SMILES string of the molecule is O=C(O)Nc1ccc(C(=O)N[C@@H](CCF)C(=O)N2CCC[C@@]3(C2)OC(=O)Nc2ccc(Cl)cc23)cc1. The highest BCUT2D eigenvalue weighted by Crippen LogP contribution is 2.43. The van der Waals surface area contributed by atoms with Gasteiger partial charge in [-0.2, -0.15) is 0 Å². The van der Waals surface area contributed by atoms with Crippen LogP contribution in [0.2, 0.25) is 5.02 Å². The average Bonchev–Trinajstić information content (AvgIpc) is 2.84. The molecule has 2 aliphatic rings. The molecular weight excluding hydrogens is 495 g/mol. The number of piperidine rings is 1. The number of carboxylic acid groups (broad SMARTS) is 1. The Kier molecular flexibility index (Phi) is 7.30. The van der Waals surface area contributed by atoms with E-state index in [-0.39, 0.29) is 24.2 Å². The minimum Gasteiger partial charge on any atom is -0.465 e. The molecule has 2 aliphatic heterocycles. The first-order valence-corrected chi connectivity index (χ1v) is 11.6. The van der Waals surface area contributed by atoms with E-state index < -0.39 is 42.3 Å². The monoisotopic (exact) mass is 518 g/mol. The Labute approximate surface area is 210 Å². The Bertz CT molecular complexity index is 1190. The molecule has 4 amide bonds. The number of amides is 4. The lowest BCUT2D eigenvalue weighted by Gasteiger charge is -2.45. The first-order valence-electron chi connectivity index (χ1n) is 11.3. The fraction of sp³-hybridized carbons (Fsp3) is 0.333.